The van der Waals surface area contributed by atoms with Gasteiger partial charge in [-0.2, -0.15) is 5.10 Å². The van der Waals surface area contributed by atoms with Crippen molar-refractivity contribution in [3.8, 4) is 0 Å². The Bertz CT molecular complexity index is 519. The van der Waals surface area contributed by atoms with Crippen molar-refractivity contribution in [2.24, 2.45) is 24.3 Å². The van der Waals surface area contributed by atoms with Crippen molar-refractivity contribution < 1.29 is 14.7 Å². The molecule has 0 radical (unpaired) electrons. The van der Waals surface area contributed by atoms with Gasteiger partial charge in [-0.25, -0.2) is 0 Å². The Morgan fingerprint density at radius 1 is 1.44 bits per heavy atom. The summed E-state index contributed by atoms with van der Waals surface area (Å²) in [5.74, 6) is -1.67. The first-order valence-corrected chi connectivity index (χ1v) is 5.79. The number of rotatable bonds is 3. The van der Waals surface area contributed by atoms with E-state index in [9.17, 15) is 9.59 Å². The standard InChI is InChI=1S/C12H17N3O3/c1-6-5-7(15(4)14-6)13-10(16)8-9(11(17)18)12(8,2)3/h5,8-9H,1-4H3,(H,13,16)(H,17,18)/t8-,9-/m1/s1. The monoisotopic (exact) mass is 251 g/mol. The van der Waals surface area contributed by atoms with E-state index in [0.29, 0.717) is 5.82 Å². The highest BCUT2D eigenvalue weighted by molar-refractivity contribution is 5.99. The summed E-state index contributed by atoms with van der Waals surface area (Å²) in [5.41, 5.74) is 0.321. The van der Waals surface area contributed by atoms with Crippen LogP contribution >= 0.6 is 0 Å². The maximum atomic E-state index is 12.1. The number of aryl methyl sites for hydroxylation is 2. The minimum Gasteiger partial charge on any atom is -0.481 e. The van der Waals surface area contributed by atoms with E-state index >= 15 is 0 Å². The van der Waals surface area contributed by atoms with Gasteiger partial charge in [0.15, 0.2) is 0 Å². The van der Waals surface area contributed by atoms with Crippen molar-refractivity contribution in [3.63, 3.8) is 0 Å². The lowest BCUT2D eigenvalue weighted by Crippen LogP contribution is -2.19. The van der Waals surface area contributed by atoms with Crippen LogP contribution in [-0.2, 0) is 16.6 Å². The van der Waals surface area contributed by atoms with Crippen LogP contribution < -0.4 is 5.32 Å². The number of nitrogens with one attached hydrogen (secondary N) is 1. The molecule has 2 atom stereocenters. The quantitative estimate of drug-likeness (QED) is 0.840. The van der Waals surface area contributed by atoms with Gasteiger partial charge in [0, 0.05) is 13.1 Å². The molecule has 0 unspecified atom stereocenters. The minimum atomic E-state index is -0.915. The Labute approximate surface area is 105 Å². The van der Waals surface area contributed by atoms with Gasteiger partial charge < -0.3 is 10.4 Å². The summed E-state index contributed by atoms with van der Waals surface area (Å²) in [7, 11) is 1.73. The number of carboxylic acid groups (broad SMARTS) is 1. The number of aliphatic carboxylic acids is 1. The predicted molar refractivity (Wildman–Crippen MR) is 65.0 cm³/mol. The van der Waals surface area contributed by atoms with Crippen molar-refractivity contribution in [3.05, 3.63) is 11.8 Å². The molecule has 98 valence electrons. The average molecular weight is 251 g/mol. The Balaban J connectivity index is 2.11. The lowest BCUT2D eigenvalue weighted by molar-refractivity contribution is -0.140. The van der Waals surface area contributed by atoms with Crippen molar-refractivity contribution in [1.82, 2.24) is 9.78 Å². The zero-order valence-electron chi connectivity index (χ0n) is 10.9. The van der Waals surface area contributed by atoms with Crippen LogP contribution in [0.1, 0.15) is 19.5 Å². The molecule has 1 heterocycles. The van der Waals surface area contributed by atoms with Gasteiger partial charge in [0.1, 0.15) is 5.82 Å². The summed E-state index contributed by atoms with van der Waals surface area (Å²) >= 11 is 0. The van der Waals surface area contributed by atoms with Crippen LogP contribution in [0, 0.1) is 24.2 Å². The molecule has 0 bridgehead atoms. The van der Waals surface area contributed by atoms with Crippen LogP contribution in [0.2, 0.25) is 0 Å². The highest BCUT2D eigenvalue weighted by Crippen LogP contribution is 2.58. The fourth-order valence-electron chi connectivity index (χ4n) is 2.52. The molecule has 1 fully saturated rings. The van der Waals surface area contributed by atoms with Gasteiger partial charge in [0.2, 0.25) is 5.91 Å². The number of aromatic nitrogens is 2. The number of carbonyl (C=O) groups is 2. The summed E-state index contributed by atoms with van der Waals surface area (Å²) in [6, 6.07) is 1.75. The third-order valence-electron chi connectivity index (χ3n) is 3.63. The topological polar surface area (TPSA) is 84.2 Å². The highest BCUT2D eigenvalue weighted by atomic mass is 16.4. The summed E-state index contributed by atoms with van der Waals surface area (Å²) in [5, 5.41) is 15.9. The zero-order chi connectivity index (χ0) is 13.7. The Morgan fingerprint density at radius 2 is 2.06 bits per heavy atom. The van der Waals surface area contributed by atoms with E-state index in [4.69, 9.17) is 5.11 Å². The fraction of sp³-hybridized carbons (Fsp3) is 0.583. The van der Waals surface area contributed by atoms with E-state index in [0.717, 1.165) is 5.69 Å². The van der Waals surface area contributed by atoms with E-state index in [2.05, 4.69) is 10.4 Å². The van der Waals surface area contributed by atoms with Crippen molar-refractivity contribution in [1.29, 1.82) is 0 Å². The van der Waals surface area contributed by atoms with Crippen LogP contribution in [0.15, 0.2) is 6.07 Å². The van der Waals surface area contributed by atoms with Crippen LogP contribution in [0.4, 0.5) is 5.82 Å². The Kier molecular flexibility index (Phi) is 2.68. The van der Waals surface area contributed by atoms with Gasteiger partial charge in [-0.15, -0.1) is 0 Å². The molecule has 2 N–H and O–H groups in total. The van der Waals surface area contributed by atoms with E-state index in [1.54, 1.807) is 31.6 Å². The molecule has 1 amide bonds. The third-order valence-corrected chi connectivity index (χ3v) is 3.63. The van der Waals surface area contributed by atoms with Crippen LogP contribution in [0.5, 0.6) is 0 Å². The SMILES string of the molecule is Cc1cc(NC(=O)[C@H]2[C@H](C(=O)O)C2(C)C)n(C)n1. The maximum Gasteiger partial charge on any atom is 0.307 e. The lowest BCUT2D eigenvalue weighted by Gasteiger charge is -2.05. The largest absolute Gasteiger partial charge is 0.481 e. The molecule has 1 aliphatic carbocycles. The van der Waals surface area contributed by atoms with Gasteiger partial charge in [0.05, 0.1) is 17.5 Å². The molecule has 0 saturated heterocycles. The van der Waals surface area contributed by atoms with Crippen LogP contribution in [-0.4, -0.2) is 26.8 Å². The number of carboxylic acids is 1. The summed E-state index contributed by atoms with van der Waals surface area (Å²) < 4.78 is 1.57. The molecule has 0 spiro atoms. The highest BCUT2D eigenvalue weighted by Gasteiger charge is 2.65. The number of anilines is 1. The number of hydrogen-bond acceptors (Lipinski definition) is 3. The zero-order valence-corrected chi connectivity index (χ0v) is 10.9. The molecular formula is C12H17N3O3. The van der Waals surface area contributed by atoms with E-state index in [-0.39, 0.29) is 5.91 Å². The lowest BCUT2D eigenvalue weighted by atomic mass is 10.1. The van der Waals surface area contributed by atoms with Gasteiger partial charge in [-0.3, -0.25) is 14.3 Å². The number of amides is 1. The Morgan fingerprint density at radius 3 is 2.44 bits per heavy atom. The molecule has 18 heavy (non-hydrogen) atoms. The van der Waals surface area contributed by atoms with Crippen LogP contribution in [0.25, 0.3) is 0 Å². The normalized spacial score (nSPS) is 24.7. The smallest absolute Gasteiger partial charge is 0.307 e. The van der Waals surface area contributed by atoms with Gasteiger partial charge in [-0.05, 0) is 12.3 Å². The summed E-state index contributed by atoms with van der Waals surface area (Å²) in [6.45, 7) is 5.42. The molecule has 1 aromatic heterocycles. The minimum absolute atomic E-state index is 0.254. The molecular weight excluding hydrogens is 234 g/mol. The average Bonchev–Trinajstić information content (AvgIpc) is 2.66. The van der Waals surface area contributed by atoms with Crippen molar-refractivity contribution in [2.75, 3.05) is 5.32 Å². The fourth-order valence-corrected chi connectivity index (χ4v) is 2.52. The first kappa shape index (κ1) is 12.6. The van der Waals surface area contributed by atoms with Gasteiger partial charge >= 0.3 is 5.97 Å². The van der Waals surface area contributed by atoms with E-state index in [1.165, 1.54) is 0 Å². The molecule has 0 aliphatic heterocycles. The molecule has 1 aliphatic rings. The van der Waals surface area contributed by atoms with Crippen molar-refractivity contribution in [2.45, 2.75) is 20.8 Å². The van der Waals surface area contributed by atoms with E-state index in [1.807, 2.05) is 6.92 Å². The van der Waals surface area contributed by atoms with Crippen LogP contribution in [0.3, 0.4) is 0 Å². The van der Waals surface area contributed by atoms with E-state index < -0.39 is 23.2 Å². The molecule has 6 heteroatoms. The molecule has 1 saturated carbocycles. The van der Waals surface area contributed by atoms with Gasteiger partial charge in [0.25, 0.3) is 0 Å². The molecule has 0 aromatic carbocycles. The third kappa shape index (κ3) is 1.87. The van der Waals surface area contributed by atoms with Gasteiger partial charge in [-0.1, -0.05) is 13.8 Å². The molecule has 6 nitrogen and oxygen atoms in total. The Hall–Kier alpha value is -1.85. The number of hydrogen-bond donors (Lipinski definition) is 2. The molecule has 1 aromatic rings. The molecule has 2 rings (SSSR count). The first-order valence-electron chi connectivity index (χ1n) is 5.79. The second-order valence-electron chi connectivity index (χ2n) is 5.40. The second kappa shape index (κ2) is 3.83. The number of nitrogens with zero attached hydrogens (tertiary/aromatic N) is 2. The summed E-state index contributed by atoms with van der Waals surface area (Å²) in [4.78, 5) is 23.1. The van der Waals surface area contributed by atoms with Crippen molar-refractivity contribution >= 4 is 17.7 Å². The summed E-state index contributed by atoms with van der Waals surface area (Å²) in [6.07, 6.45) is 0. The second-order valence-corrected chi connectivity index (χ2v) is 5.40. The predicted octanol–water partition coefficient (Wildman–Crippen LogP) is 1.02. The number of carbonyl (C=O) groups excluding carboxylic acids is 1. The first-order chi connectivity index (χ1) is 8.25. The maximum absolute atomic E-state index is 12.1.